The number of amides is 1. The average molecular weight is 261 g/mol. The van der Waals surface area contributed by atoms with E-state index in [0.29, 0.717) is 5.92 Å². The molecule has 0 aromatic rings. The number of hydrogen-bond donors (Lipinski definition) is 0. The Bertz CT molecular complexity index is 299. The Morgan fingerprint density at radius 1 is 1.22 bits per heavy atom. The molecule has 2 aliphatic rings. The molecule has 1 saturated heterocycles. The monoisotopic (exact) mass is 261 g/mol. The largest absolute Gasteiger partial charge is 0.446 e. The molecule has 5 heteroatoms. The van der Waals surface area contributed by atoms with Crippen LogP contribution in [-0.4, -0.2) is 36.1 Å². The minimum absolute atomic E-state index is 0.0336. The Balaban J connectivity index is 1.81. The first-order valence-corrected chi connectivity index (χ1v) is 6.81. The molecule has 104 valence electrons. The summed E-state index contributed by atoms with van der Waals surface area (Å²) >= 11 is 0. The third kappa shape index (κ3) is 3.33. The molecule has 3 nitrogen and oxygen atoms in total. The van der Waals surface area contributed by atoms with E-state index in [1.54, 1.807) is 0 Å². The van der Waals surface area contributed by atoms with Crippen LogP contribution in [-0.2, 0) is 4.74 Å². The van der Waals surface area contributed by atoms with Crippen molar-refractivity contribution >= 4 is 6.09 Å². The number of nitrogens with zero attached hydrogens (tertiary/aromatic N) is 1. The molecular weight excluding hydrogens is 240 g/mol. The molecule has 0 bridgehead atoms. The van der Waals surface area contributed by atoms with Gasteiger partial charge in [-0.2, -0.15) is 0 Å². The predicted molar refractivity (Wildman–Crippen MR) is 63.7 cm³/mol. The predicted octanol–water partition coefficient (Wildman–Crippen LogP) is 3.43. The summed E-state index contributed by atoms with van der Waals surface area (Å²) in [6.45, 7) is 2.29. The molecule has 2 atom stereocenters. The number of rotatable bonds is 1. The van der Waals surface area contributed by atoms with Crippen LogP contribution in [0.15, 0.2) is 0 Å². The van der Waals surface area contributed by atoms with Gasteiger partial charge < -0.3 is 9.64 Å². The molecule has 0 aromatic carbocycles. The lowest BCUT2D eigenvalue weighted by Gasteiger charge is -2.34. The summed E-state index contributed by atoms with van der Waals surface area (Å²) < 4.78 is 31.4. The molecule has 0 aromatic heterocycles. The Kier molecular flexibility index (Phi) is 4.07. The summed E-state index contributed by atoms with van der Waals surface area (Å²) in [5.41, 5.74) is 0. The first-order chi connectivity index (χ1) is 8.48. The topological polar surface area (TPSA) is 29.5 Å². The van der Waals surface area contributed by atoms with Gasteiger partial charge in [-0.1, -0.05) is 13.3 Å². The normalized spacial score (nSPS) is 32.1. The Morgan fingerprint density at radius 2 is 1.83 bits per heavy atom. The van der Waals surface area contributed by atoms with Crippen molar-refractivity contribution in [3.8, 4) is 0 Å². The number of likely N-dealkylation sites (tertiary alicyclic amines) is 1. The molecule has 2 unspecified atom stereocenters. The van der Waals surface area contributed by atoms with Crippen LogP contribution in [0.4, 0.5) is 13.6 Å². The molecule has 0 N–H and O–H groups in total. The van der Waals surface area contributed by atoms with Crippen LogP contribution in [0.25, 0.3) is 0 Å². The molecule has 1 saturated carbocycles. The van der Waals surface area contributed by atoms with Gasteiger partial charge in [-0.3, -0.25) is 0 Å². The van der Waals surface area contributed by atoms with Gasteiger partial charge in [0.05, 0.1) is 0 Å². The first-order valence-electron chi connectivity index (χ1n) is 6.81. The van der Waals surface area contributed by atoms with Gasteiger partial charge in [0.25, 0.3) is 5.92 Å². The van der Waals surface area contributed by atoms with E-state index in [1.807, 2.05) is 0 Å². The van der Waals surface area contributed by atoms with Crippen molar-refractivity contribution in [3.63, 3.8) is 0 Å². The minimum atomic E-state index is -2.62. The highest BCUT2D eigenvalue weighted by Crippen LogP contribution is 2.30. The molecule has 1 aliphatic heterocycles. The molecule has 2 fully saturated rings. The highest BCUT2D eigenvalue weighted by molar-refractivity contribution is 5.68. The van der Waals surface area contributed by atoms with E-state index in [-0.39, 0.29) is 32.0 Å². The highest BCUT2D eigenvalue weighted by atomic mass is 19.3. The third-order valence-electron chi connectivity index (χ3n) is 4.04. The number of ether oxygens (including phenoxy) is 1. The van der Waals surface area contributed by atoms with Gasteiger partial charge in [-0.15, -0.1) is 0 Å². The standard InChI is InChI=1S/C13H21F2NO2/c1-10-4-2-3-5-11(10)18-12(17)16-8-6-13(14,15)7-9-16/h10-11H,2-9H2,1H3. The van der Waals surface area contributed by atoms with Crippen molar-refractivity contribution in [1.29, 1.82) is 0 Å². The highest BCUT2D eigenvalue weighted by Gasteiger charge is 2.37. The van der Waals surface area contributed by atoms with Crippen molar-refractivity contribution in [3.05, 3.63) is 0 Å². The number of carbonyl (C=O) groups excluding carboxylic acids is 1. The van der Waals surface area contributed by atoms with Gasteiger partial charge in [0.15, 0.2) is 0 Å². The molecule has 1 heterocycles. The fourth-order valence-electron chi connectivity index (χ4n) is 2.68. The van der Waals surface area contributed by atoms with Crippen molar-refractivity contribution in [2.75, 3.05) is 13.1 Å². The second-order valence-electron chi connectivity index (χ2n) is 5.53. The van der Waals surface area contributed by atoms with Crippen LogP contribution in [0.3, 0.4) is 0 Å². The van der Waals surface area contributed by atoms with E-state index in [1.165, 1.54) is 11.3 Å². The lowest BCUT2D eigenvalue weighted by atomic mass is 9.88. The smallest absolute Gasteiger partial charge is 0.410 e. The number of hydrogen-bond acceptors (Lipinski definition) is 2. The summed E-state index contributed by atoms with van der Waals surface area (Å²) in [6, 6.07) is 0. The third-order valence-corrected chi connectivity index (χ3v) is 4.04. The van der Waals surface area contributed by atoms with Crippen molar-refractivity contribution < 1.29 is 18.3 Å². The van der Waals surface area contributed by atoms with Gasteiger partial charge >= 0.3 is 6.09 Å². The Labute approximate surface area is 106 Å². The Morgan fingerprint density at radius 3 is 2.44 bits per heavy atom. The maximum atomic E-state index is 13.0. The van der Waals surface area contributed by atoms with Crippen molar-refractivity contribution in [2.45, 2.75) is 57.5 Å². The van der Waals surface area contributed by atoms with E-state index < -0.39 is 12.0 Å². The number of alkyl halides is 2. The molecule has 1 amide bonds. The van der Waals surface area contributed by atoms with E-state index in [4.69, 9.17) is 4.74 Å². The summed E-state index contributed by atoms with van der Waals surface area (Å²) in [5, 5.41) is 0. The Hall–Kier alpha value is -0.870. The summed E-state index contributed by atoms with van der Waals surface area (Å²) in [5.74, 6) is -2.23. The van der Waals surface area contributed by atoms with Gasteiger partial charge in [0.1, 0.15) is 6.10 Å². The number of halogens is 2. The van der Waals surface area contributed by atoms with Crippen LogP contribution in [0.5, 0.6) is 0 Å². The van der Waals surface area contributed by atoms with Crippen LogP contribution < -0.4 is 0 Å². The second-order valence-corrected chi connectivity index (χ2v) is 5.53. The lowest BCUT2D eigenvalue weighted by Crippen LogP contribution is -2.44. The van der Waals surface area contributed by atoms with Gasteiger partial charge in [-0.25, -0.2) is 13.6 Å². The molecule has 0 spiro atoms. The summed E-state index contributed by atoms with van der Waals surface area (Å²) in [4.78, 5) is 13.3. The molecule has 18 heavy (non-hydrogen) atoms. The zero-order chi connectivity index (χ0) is 13.2. The zero-order valence-electron chi connectivity index (χ0n) is 10.8. The van der Waals surface area contributed by atoms with E-state index >= 15 is 0 Å². The first kappa shape index (κ1) is 13.6. The average Bonchev–Trinajstić information content (AvgIpc) is 2.32. The van der Waals surface area contributed by atoms with Crippen LogP contribution in [0.1, 0.15) is 45.4 Å². The minimum Gasteiger partial charge on any atom is -0.446 e. The summed E-state index contributed by atoms with van der Waals surface area (Å²) in [7, 11) is 0. The second kappa shape index (κ2) is 5.41. The molecule has 2 rings (SSSR count). The molecular formula is C13H21F2NO2. The van der Waals surface area contributed by atoms with E-state index in [2.05, 4.69) is 6.92 Å². The van der Waals surface area contributed by atoms with Crippen molar-refractivity contribution in [2.24, 2.45) is 5.92 Å². The van der Waals surface area contributed by atoms with E-state index in [0.717, 1.165) is 19.3 Å². The quantitative estimate of drug-likeness (QED) is 0.723. The molecule has 1 aliphatic carbocycles. The number of piperidine rings is 1. The fourth-order valence-corrected chi connectivity index (χ4v) is 2.68. The van der Waals surface area contributed by atoms with Crippen LogP contribution in [0, 0.1) is 5.92 Å². The fraction of sp³-hybridized carbons (Fsp3) is 0.923. The van der Waals surface area contributed by atoms with Gasteiger partial charge in [0.2, 0.25) is 0 Å². The van der Waals surface area contributed by atoms with Crippen molar-refractivity contribution in [1.82, 2.24) is 4.90 Å². The number of carbonyl (C=O) groups is 1. The lowest BCUT2D eigenvalue weighted by molar-refractivity contribution is -0.0584. The summed E-state index contributed by atoms with van der Waals surface area (Å²) in [6.07, 6.45) is 3.31. The zero-order valence-corrected chi connectivity index (χ0v) is 10.8. The maximum Gasteiger partial charge on any atom is 0.410 e. The van der Waals surface area contributed by atoms with Crippen LogP contribution in [0.2, 0.25) is 0 Å². The van der Waals surface area contributed by atoms with E-state index in [9.17, 15) is 13.6 Å². The van der Waals surface area contributed by atoms with Crippen LogP contribution >= 0.6 is 0 Å². The SMILES string of the molecule is CC1CCCCC1OC(=O)N1CCC(F)(F)CC1. The molecule has 0 radical (unpaired) electrons. The van der Waals surface area contributed by atoms with Gasteiger partial charge in [-0.05, 0) is 25.2 Å². The maximum absolute atomic E-state index is 13.0. The van der Waals surface area contributed by atoms with Gasteiger partial charge in [0, 0.05) is 25.9 Å².